The zero-order chi connectivity index (χ0) is 17.5. The van der Waals surface area contributed by atoms with Crippen molar-refractivity contribution in [2.75, 3.05) is 27.3 Å². The van der Waals surface area contributed by atoms with E-state index in [1.807, 2.05) is 18.2 Å². The number of carbonyl (C=O) groups excluding carboxylic acids is 2. The lowest BCUT2D eigenvalue weighted by Crippen LogP contribution is -2.35. The number of nitrogens with zero attached hydrogens (tertiary/aromatic N) is 1. The maximum absolute atomic E-state index is 11.8. The van der Waals surface area contributed by atoms with Crippen molar-refractivity contribution in [3.8, 4) is 11.5 Å². The lowest BCUT2D eigenvalue weighted by molar-refractivity contribution is -0.129. The number of ether oxygens (including phenoxy) is 2. The molecular formula is C18H26N2O4. The third-order valence-corrected chi connectivity index (χ3v) is 4.11. The molecule has 1 saturated carbocycles. The Morgan fingerprint density at radius 3 is 2.46 bits per heavy atom. The Kier molecular flexibility index (Phi) is 6.46. The molecule has 2 amide bonds. The van der Waals surface area contributed by atoms with E-state index in [1.165, 1.54) is 6.92 Å². The van der Waals surface area contributed by atoms with Crippen LogP contribution in [0, 0.1) is 0 Å². The van der Waals surface area contributed by atoms with Crippen molar-refractivity contribution in [1.82, 2.24) is 10.2 Å². The summed E-state index contributed by atoms with van der Waals surface area (Å²) < 4.78 is 10.5. The number of hydrogen-bond donors (Lipinski definition) is 1. The zero-order valence-corrected chi connectivity index (χ0v) is 14.6. The minimum atomic E-state index is -0.0188. The molecular weight excluding hydrogens is 308 g/mol. The van der Waals surface area contributed by atoms with Crippen molar-refractivity contribution in [1.29, 1.82) is 0 Å². The number of amides is 2. The Balaban J connectivity index is 1.86. The minimum Gasteiger partial charge on any atom is -0.493 e. The fraction of sp³-hybridized carbons (Fsp3) is 0.556. The van der Waals surface area contributed by atoms with E-state index in [-0.39, 0.29) is 11.8 Å². The van der Waals surface area contributed by atoms with Crippen LogP contribution in [0.2, 0.25) is 0 Å². The van der Waals surface area contributed by atoms with Crippen LogP contribution in [0.5, 0.6) is 11.5 Å². The molecule has 0 bridgehead atoms. The highest BCUT2D eigenvalue weighted by molar-refractivity contribution is 5.78. The van der Waals surface area contributed by atoms with E-state index in [1.54, 1.807) is 19.1 Å². The van der Waals surface area contributed by atoms with Gasteiger partial charge in [0.25, 0.3) is 0 Å². The molecule has 1 fully saturated rings. The smallest absolute Gasteiger partial charge is 0.221 e. The molecule has 6 nitrogen and oxygen atoms in total. The van der Waals surface area contributed by atoms with Gasteiger partial charge in [0.15, 0.2) is 11.5 Å². The summed E-state index contributed by atoms with van der Waals surface area (Å²) in [6.45, 7) is 2.55. The van der Waals surface area contributed by atoms with E-state index < -0.39 is 0 Å². The average Bonchev–Trinajstić information content (AvgIpc) is 3.38. The first-order valence-electron chi connectivity index (χ1n) is 8.29. The number of benzene rings is 1. The predicted molar refractivity (Wildman–Crippen MR) is 91.3 cm³/mol. The van der Waals surface area contributed by atoms with Crippen LogP contribution in [0.4, 0.5) is 0 Å². The van der Waals surface area contributed by atoms with Crippen LogP contribution >= 0.6 is 0 Å². The van der Waals surface area contributed by atoms with Gasteiger partial charge in [0.05, 0.1) is 14.2 Å². The lowest BCUT2D eigenvalue weighted by atomic mass is 10.1. The zero-order valence-electron chi connectivity index (χ0n) is 14.6. The van der Waals surface area contributed by atoms with Gasteiger partial charge in [-0.2, -0.15) is 0 Å². The Morgan fingerprint density at radius 2 is 1.88 bits per heavy atom. The first-order chi connectivity index (χ1) is 11.5. The van der Waals surface area contributed by atoms with Crippen LogP contribution in [0.25, 0.3) is 0 Å². The molecule has 0 atom stereocenters. The largest absolute Gasteiger partial charge is 0.493 e. The summed E-state index contributed by atoms with van der Waals surface area (Å²) in [5.74, 6) is 1.36. The average molecular weight is 334 g/mol. The summed E-state index contributed by atoms with van der Waals surface area (Å²) in [5.41, 5.74) is 1.06. The van der Waals surface area contributed by atoms with E-state index in [0.29, 0.717) is 43.5 Å². The molecule has 1 aliphatic carbocycles. The van der Waals surface area contributed by atoms with Crippen LogP contribution in [0.1, 0.15) is 31.7 Å². The Bertz CT molecular complexity index is 584. The first kappa shape index (κ1) is 18.1. The second-order valence-electron chi connectivity index (χ2n) is 6.04. The van der Waals surface area contributed by atoms with Gasteiger partial charge in [-0.3, -0.25) is 9.59 Å². The number of rotatable bonds is 9. The van der Waals surface area contributed by atoms with Gasteiger partial charge in [-0.15, -0.1) is 0 Å². The summed E-state index contributed by atoms with van der Waals surface area (Å²) in [6, 6.07) is 6.08. The van der Waals surface area contributed by atoms with Gasteiger partial charge in [0, 0.05) is 32.5 Å². The summed E-state index contributed by atoms with van der Waals surface area (Å²) in [4.78, 5) is 25.3. The Labute approximate surface area is 143 Å². The standard InChI is InChI=1S/C18H26N2O4/c1-13(21)20(11-9-18(22)19-15-5-6-15)10-8-14-4-7-16(23-2)17(12-14)24-3/h4,7,12,15H,5-6,8-11H2,1-3H3,(H,19,22). The van der Waals surface area contributed by atoms with Crippen LogP contribution in [-0.4, -0.2) is 50.1 Å². The highest BCUT2D eigenvalue weighted by atomic mass is 16.5. The highest BCUT2D eigenvalue weighted by Gasteiger charge is 2.23. The fourth-order valence-electron chi connectivity index (χ4n) is 2.49. The van der Waals surface area contributed by atoms with Crippen LogP contribution < -0.4 is 14.8 Å². The second kappa shape index (κ2) is 8.57. The Hall–Kier alpha value is -2.24. The van der Waals surface area contributed by atoms with E-state index in [9.17, 15) is 9.59 Å². The van der Waals surface area contributed by atoms with E-state index >= 15 is 0 Å². The summed E-state index contributed by atoms with van der Waals surface area (Å²) >= 11 is 0. The molecule has 132 valence electrons. The molecule has 1 aromatic rings. The summed E-state index contributed by atoms with van der Waals surface area (Å²) in [6.07, 6.45) is 3.19. The van der Waals surface area contributed by atoms with Gasteiger partial charge < -0.3 is 19.7 Å². The third-order valence-electron chi connectivity index (χ3n) is 4.11. The second-order valence-corrected chi connectivity index (χ2v) is 6.04. The van der Waals surface area contributed by atoms with E-state index in [0.717, 1.165) is 18.4 Å². The Morgan fingerprint density at radius 1 is 1.17 bits per heavy atom. The van der Waals surface area contributed by atoms with Crippen LogP contribution in [-0.2, 0) is 16.0 Å². The molecule has 0 aliphatic heterocycles. The van der Waals surface area contributed by atoms with Crippen molar-refractivity contribution in [2.24, 2.45) is 0 Å². The number of nitrogens with one attached hydrogen (secondary N) is 1. The maximum Gasteiger partial charge on any atom is 0.221 e. The molecule has 1 aromatic carbocycles. The third kappa shape index (κ3) is 5.44. The van der Waals surface area contributed by atoms with E-state index in [2.05, 4.69) is 5.32 Å². The van der Waals surface area contributed by atoms with Crippen molar-refractivity contribution < 1.29 is 19.1 Å². The van der Waals surface area contributed by atoms with Gasteiger partial charge in [-0.25, -0.2) is 0 Å². The first-order valence-corrected chi connectivity index (χ1v) is 8.29. The molecule has 0 radical (unpaired) electrons. The summed E-state index contributed by atoms with van der Waals surface area (Å²) in [7, 11) is 3.20. The molecule has 1 N–H and O–H groups in total. The van der Waals surface area contributed by atoms with Crippen molar-refractivity contribution >= 4 is 11.8 Å². The van der Waals surface area contributed by atoms with Gasteiger partial charge in [0.2, 0.25) is 11.8 Å². The number of hydrogen-bond acceptors (Lipinski definition) is 4. The molecule has 2 rings (SSSR count). The van der Waals surface area contributed by atoms with Crippen molar-refractivity contribution in [2.45, 2.75) is 38.6 Å². The molecule has 0 unspecified atom stereocenters. The quantitative estimate of drug-likeness (QED) is 0.747. The molecule has 0 spiro atoms. The molecule has 24 heavy (non-hydrogen) atoms. The number of carbonyl (C=O) groups is 2. The molecule has 0 saturated heterocycles. The summed E-state index contributed by atoms with van der Waals surface area (Å²) in [5, 5.41) is 2.94. The number of methoxy groups -OCH3 is 2. The van der Waals surface area contributed by atoms with Crippen LogP contribution in [0.15, 0.2) is 18.2 Å². The van der Waals surface area contributed by atoms with Gasteiger partial charge in [-0.1, -0.05) is 6.07 Å². The lowest BCUT2D eigenvalue weighted by Gasteiger charge is -2.21. The van der Waals surface area contributed by atoms with Gasteiger partial charge in [0.1, 0.15) is 0 Å². The SMILES string of the molecule is COc1ccc(CCN(CCC(=O)NC2CC2)C(C)=O)cc1OC. The molecule has 6 heteroatoms. The minimum absolute atomic E-state index is 0.0188. The van der Waals surface area contributed by atoms with E-state index in [4.69, 9.17) is 9.47 Å². The van der Waals surface area contributed by atoms with Gasteiger partial charge >= 0.3 is 0 Å². The molecule has 0 heterocycles. The fourth-order valence-corrected chi connectivity index (χ4v) is 2.49. The van der Waals surface area contributed by atoms with Crippen LogP contribution in [0.3, 0.4) is 0 Å². The monoisotopic (exact) mass is 334 g/mol. The normalized spacial score (nSPS) is 13.3. The molecule has 1 aliphatic rings. The topological polar surface area (TPSA) is 67.9 Å². The van der Waals surface area contributed by atoms with Crippen molar-refractivity contribution in [3.63, 3.8) is 0 Å². The highest BCUT2D eigenvalue weighted by Crippen LogP contribution is 2.27. The maximum atomic E-state index is 11.8. The molecule has 0 aromatic heterocycles. The predicted octanol–water partition coefficient (Wildman–Crippen LogP) is 1.76. The van der Waals surface area contributed by atoms with Crippen molar-refractivity contribution in [3.05, 3.63) is 23.8 Å². The van der Waals surface area contributed by atoms with Gasteiger partial charge in [-0.05, 0) is 37.0 Å².